The van der Waals surface area contributed by atoms with Gasteiger partial charge in [0.15, 0.2) is 0 Å². The van der Waals surface area contributed by atoms with Crippen molar-refractivity contribution in [3.63, 3.8) is 0 Å². The summed E-state index contributed by atoms with van der Waals surface area (Å²) in [5.74, 6) is 1.79. The van der Waals surface area contributed by atoms with Crippen molar-refractivity contribution < 1.29 is 0 Å². The van der Waals surface area contributed by atoms with Gasteiger partial charge in [0.2, 0.25) is 0 Å². The maximum absolute atomic E-state index is 6.45. The van der Waals surface area contributed by atoms with Crippen molar-refractivity contribution in [2.45, 2.75) is 51.5 Å². The Hall–Kier alpha value is -0.300. The molecule has 0 aromatic carbocycles. The first-order valence-corrected chi connectivity index (χ1v) is 5.52. The van der Waals surface area contributed by atoms with Crippen molar-refractivity contribution in [2.75, 3.05) is 0 Å². The Balaban J connectivity index is 2.01. The van der Waals surface area contributed by atoms with Crippen molar-refractivity contribution in [2.24, 2.45) is 17.6 Å². The summed E-state index contributed by atoms with van der Waals surface area (Å²) in [6, 6.07) is 0. The van der Waals surface area contributed by atoms with Crippen molar-refractivity contribution in [1.29, 1.82) is 0 Å². The average molecular weight is 179 g/mol. The lowest BCUT2D eigenvalue weighted by Gasteiger charge is -2.33. The molecule has 2 aliphatic carbocycles. The predicted molar refractivity (Wildman–Crippen MR) is 56.4 cm³/mol. The molecule has 2 rings (SSSR count). The zero-order chi connectivity index (χ0) is 9.47. The van der Waals surface area contributed by atoms with Crippen LogP contribution in [-0.2, 0) is 0 Å². The van der Waals surface area contributed by atoms with E-state index in [4.69, 9.17) is 5.73 Å². The summed E-state index contributed by atoms with van der Waals surface area (Å²) in [7, 11) is 0. The van der Waals surface area contributed by atoms with Crippen LogP contribution in [0.4, 0.5) is 0 Å². The Morgan fingerprint density at radius 2 is 2.23 bits per heavy atom. The summed E-state index contributed by atoms with van der Waals surface area (Å²) < 4.78 is 0. The van der Waals surface area contributed by atoms with Crippen LogP contribution in [-0.4, -0.2) is 5.54 Å². The molecule has 2 fully saturated rings. The van der Waals surface area contributed by atoms with Crippen LogP contribution in [0.25, 0.3) is 0 Å². The van der Waals surface area contributed by atoms with E-state index in [0.29, 0.717) is 0 Å². The number of allylic oxidation sites excluding steroid dienone is 1. The third-order valence-corrected chi connectivity index (χ3v) is 3.91. The van der Waals surface area contributed by atoms with E-state index < -0.39 is 0 Å². The van der Waals surface area contributed by atoms with E-state index in [1.165, 1.54) is 31.3 Å². The highest BCUT2D eigenvalue weighted by molar-refractivity contribution is 5.09. The molecule has 2 aliphatic rings. The van der Waals surface area contributed by atoms with Gasteiger partial charge in [0.1, 0.15) is 0 Å². The maximum atomic E-state index is 6.45. The first-order chi connectivity index (χ1) is 6.10. The first-order valence-electron chi connectivity index (χ1n) is 5.52. The molecule has 13 heavy (non-hydrogen) atoms. The molecule has 3 atom stereocenters. The summed E-state index contributed by atoms with van der Waals surface area (Å²) in [6.45, 7) is 4.33. The Labute approximate surface area is 81.4 Å². The Morgan fingerprint density at radius 3 is 2.69 bits per heavy atom. The molecule has 2 saturated carbocycles. The molecule has 2 bridgehead atoms. The summed E-state index contributed by atoms with van der Waals surface area (Å²) in [6.07, 6.45) is 8.95. The molecule has 0 heterocycles. The van der Waals surface area contributed by atoms with E-state index in [9.17, 15) is 0 Å². The first kappa shape index (κ1) is 9.26. The lowest BCUT2D eigenvalue weighted by molar-refractivity contribution is 0.273. The topological polar surface area (TPSA) is 26.0 Å². The average Bonchev–Trinajstić information content (AvgIpc) is 2.60. The van der Waals surface area contributed by atoms with Crippen LogP contribution in [0.5, 0.6) is 0 Å². The zero-order valence-corrected chi connectivity index (χ0v) is 8.84. The number of hydrogen-bond donors (Lipinski definition) is 1. The molecule has 3 unspecified atom stereocenters. The van der Waals surface area contributed by atoms with Gasteiger partial charge in [-0.1, -0.05) is 18.1 Å². The SMILES string of the molecule is CC(C)=CCC1(N)CC2CCC1C2. The lowest BCUT2D eigenvalue weighted by atomic mass is 9.79. The van der Waals surface area contributed by atoms with Crippen LogP contribution in [0.1, 0.15) is 46.0 Å². The highest BCUT2D eigenvalue weighted by atomic mass is 14.8. The molecule has 0 aromatic rings. The van der Waals surface area contributed by atoms with Crippen LogP contribution < -0.4 is 5.73 Å². The van der Waals surface area contributed by atoms with E-state index in [-0.39, 0.29) is 5.54 Å². The molecule has 0 spiro atoms. The molecule has 0 aromatic heterocycles. The Bertz CT molecular complexity index is 227. The maximum Gasteiger partial charge on any atom is 0.0220 e. The minimum absolute atomic E-state index is 0.167. The molecule has 0 radical (unpaired) electrons. The van der Waals surface area contributed by atoms with Gasteiger partial charge in [0.25, 0.3) is 0 Å². The Kier molecular flexibility index (Phi) is 2.23. The van der Waals surface area contributed by atoms with E-state index in [1.807, 2.05) is 0 Å². The molecular weight excluding hydrogens is 158 g/mol. The van der Waals surface area contributed by atoms with Crippen LogP contribution in [0.15, 0.2) is 11.6 Å². The molecule has 0 saturated heterocycles. The smallest absolute Gasteiger partial charge is 0.0220 e. The number of rotatable bonds is 2. The highest BCUT2D eigenvalue weighted by Crippen LogP contribution is 2.50. The van der Waals surface area contributed by atoms with E-state index >= 15 is 0 Å². The number of nitrogens with two attached hydrogens (primary N) is 1. The minimum atomic E-state index is 0.167. The summed E-state index contributed by atoms with van der Waals surface area (Å²) >= 11 is 0. The fourth-order valence-corrected chi connectivity index (χ4v) is 3.13. The van der Waals surface area contributed by atoms with Crippen molar-refractivity contribution >= 4 is 0 Å². The monoisotopic (exact) mass is 179 g/mol. The summed E-state index contributed by atoms with van der Waals surface area (Å²) in [4.78, 5) is 0. The van der Waals surface area contributed by atoms with E-state index in [0.717, 1.165) is 18.3 Å². The van der Waals surface area contributed by atoms with Gasteiger partial charge in [-0.05, 0) is 51.4 Å². The third kappa shape index (κ3) is 1.67. The molecular formula is C12H21N. The van der Waals surface area contributed by atoms with Crippen LogP contribution in [0.2, 0.25) is 0 Å². The van der Waals surface area contributed by atoms with Crippen LogP contribution in [0, 0.1) is 11.8 Å². The summed E-state index contributed by atoms with van der Waals surface area (Å²) in [5, 5.41) is 0. The highest BCUT2D eigenvalue weighted by Gasteiger charge is 2.47. The quantitative estimate of drug-likeness (QED) is 0.648. The van der Waals surface area contributed by atoms with Gasteiger partial charge in [0.05, 0.1) is 0 Å². The number of hydrogen-bond acceptors (Lipinski definition) is 1. The molecule has 0 aliphatic heterocycles. The fraction of sp³-hybridized carbons (Fsp3) is 0.833. The van der Waals surface area contributed by atoms with Crippen LogP contribution >= 0.6 is 0 Å². The van der Waals surface area contributed by atoms with Gasteiger partial charge >= 0.3 is 0 Å². The Morgan fingerprint density at radius 1 is 1.46 bits per heavy atom. The summed E-state index contributed by atoms with van der Waals surface area (Å²) in [5.41, 5.74) is 8.02. The van der Waals surface area contributed by atoms with Crippen molar-refractivity contribution in [1.82, 2.24) is 0 Å². The van der Waals surface area contributed by atoms with Crippen molar-refractivity contribution in [3.05, 3.63) is 11.6 Å². The second-order valence-corrected chi connectivity index (χ2v) is 5.30. The van der Waals surface area contributed by atoms with Gasteiger partial charge in [0, 0.05) is 5.54 Å². The normalized spacial score (nSPS) is 42.4. The zero-order valence-electron chi connectivity index (χ0n) is 8.84. The molecule has 1 nitrogen and oxygen atoms in total. The largest absolute Gasteiger partial charge is 0.325 e. The van der Waals surface area contributed by atoms with E-state index in [2.05, 4.69) is 19.9 Å². The molecule has 2 N–H and O–H groups in total. The van der Waals surface area contributed by atoms with Gasteiger partial charge in [-0.2, -0.15) is 0 Å². The minimum Gasteiger partial charge on any atom is -0.325 e. The molecule has 74 valence electrons. The van der Waals surface area contributed by atoms with Gasteiger partial charge in [-0.15, -0.1) is 0 Å². The van der Waals surface area contributed by atoms with Gasteiger partial charge in [-0.3, -0.25) is 0 Å². The second kappa shape index (κ2) is 3.13. The third-order valence-electron chi connectivity index (χ3n) is 3.91. The second-order valence-electron chi connectivity index (χ2n) is 5.30. The predicted octanol–water partition coefficient (Wildman–Crippen LogP) is 2.86. The van der Waals surface area contributed by atoms with Crippen LogP contribution in [0.3, 0.4) is 0 Å². The number of fused-ring (bicyclic) bond motifs is 2. The van der Waals surface area contributed by atoms with Gasteiger partial charge < -0.3 is 5.73 Å². The lowest BCUT2D eigenvalue weighted by Crippen LogP contribution is -2.44. The van der Waals surface area contributed by atoms with Crippen molar-refractivity contribution in [3.8, 4) is 0 Å². The fourth-order valence-electron chi connectivity index (χ4n) is 3.13. The molecule has 1 heteroatoms. The molecule has 0 amide bonds. The standard InChI is InChI=1S/C12H21N/c1-9(2)5-6-12(13)8-10-3-4-11(12)7-10/h5,10-11H,3-4,6-8,13H2,1-2H3. The van der Waals surface area contributed by atoms with Gasteiger partial charge in [-0.25, -0.2) is 0 Å². The van der Waals surface area contributed by atoms with E-state index in [1.54, 1.807) is 0 Å².